The maximum absolute atomic E-state index is 5.70. The Morgan fingerprint density at radius 3 is 3.00 bits per heavy atom. The fourth-order valence-corrected chi connectivity index (χ4v) is 1.62. The van der Waals surface area contributed by atoms with Crippen molar-refractivity contribution in [3.05, 3.63) is 0 Å². The molecule has 84 valence electrons. The van der Waals surface area contributed by atoms with Gasteiger partial charge < -0.3 is 14.8 Å². The van der Waals surface area contributed by atoms with Crippen molar-refractivity contribution >= 4 is 0 Å². The Morgan fingerprint density at radius 2 is 2.43 bits per heavy atom. The average Bonchev–Trinajstić information content (AvgIpc) is 2.26. The molecule has 0 amide bonds. The van der Waals surface area contributed by atoms with Crippen LogP contribution in [0.15, 0.2) is 0 Å². The van der Waals surface area contributed by atoms with Crippen LogP contribution in [0.2, 0.25) is 0 Å². The lowest BCUT2D eigenvalue weighted by Gasteiger charge is -2.34. The van der Waals surface area contributed by atoms with Crippen molar-refractivity contribution in [1.29, 1.82) is 0 Å². The van der Waals surface area contributed by atoms with E-state index in [4.69, 9.17) is 9.47 Å². The highest BCUT2D eigenvalue weighted by Gasteiger charge is 2.23. The molecule has 2 unspecified atom stereocenters. The van der Waals surface area contributed by atoms with Crippen LogP contribution in [-0.2, 0) is 9.47 Å². The molecule has 0 aromatic rings. The van der Waals surface area contributed by atoms with Crippen molar-refractivity contribution in [3.63, 3.8) is 0 Å². The number of likely N-dealkylation sites (N-methyl/N-ethyl adjacent to an activating group) is 1. The first-order chi connectivity index (χ1) is 6.75. The van der Waals surface area contributed by atoms with E-state index in [1.807, 2.05) is 0 Å². The largest absolute Gasteiger partial charge is 0.383 e. The topological polar surface area (TPSA) is 33.7 Å². The van der Waals surface area contributed by atoms with Crippen LogP contribution in [-0.4, -0.2) is 64.1 Å². The molecule has 2 atom stereocenters. The lowest BCUT2D eigenvalue weighted by atomic mass is 10.1. The molecule has 1 fully saturated rings. The molecule has 0 aromatic carbocycles. The van der Waals surface area contributed by atoms with Gasteiger partial charge in [0, 0.05) is 32.8 Å². The Morgan fingerprint density at radius 1 is 1.64 bits per heavy atom. The van der Waals surface area contributed by atoms with Gasteiger partial charge in [-0.15, -0.1) is 0 Å². The minimum absolute atomic E-state index is 0.311. The zero-order chi connectivity index (χ0) is 10.4. The molecule has 14 heavy (non-hydrogen) atoms. The van der Waals surface area contributed by atoms with Gasteiger partial charge in [-0.3, -0.25) is 4.90 Å². The third-order valence-electron chi connectivity index (χ3n) is 2.84. The second-order valence-electron chi connectivity index (χ2n) is 3.83. The second-order valence-corrected chi connectivity index (χ2v) is 3.83. The van der Waals surface area contributed by atoms with Crippen molar-refractivity contribution in [3.8, 4) is 0 Å². The summed E-state index contributed by atoms with van der Waals surface area (Å²) in [4.78, 5) is 2.28. The predicted octanol–water partition coefficient (Wildman–Crippen LogP) is -0.0585. The maximum Gasteiger partial charge on any atom is 0.0852 e. The molecule has 0 bridgehead atoms. The number of hydrogen-bond acceptors (Lipinski definition) is 4. The molecule has 4 nitrogen and oxygen atoms in total. The van der Waals surface area contributed by atoms with Gasteiger partial charge in [0.25, 0.3) is 0 Å². The smallest absolute Gasteiger partial charge is 0.0852 e. The lowest BCUT2D eigenvalue weighted by Crippen LogP contribution is -2.50. The summed E-state index contributed by atoms with van der Waals surface area (Å²) in [6.45, 7) is 6.70. The molecule has 0 saturated carbocycles. The van der Waals surface area contributed by atoms with Crippen molar-refractivity contribution in [2.45, 2.75) is 19.1 Å². The fraction of sp³-hybridized carbons (Fsp3) is 1.00. The van der Waals surface area contributed by atoms with E-state index in [2.05, 4.69) is 24.2 Å². The van der Waals surface area contributed by atoms with E-state index in [1.165, 1.54) is 0 Å². The third kappa shape index (κ3) is 3.53. The van der Waals surface area contributed by atoms with Crippen LogP contribution < -0.4 is 5.32 Å². The van der Waals surface area contributed by atoms with Gasteiger partial charge in [-0.1, -0.05) is 0 Å². The van der Waals surface area contributed by atoms with Crippen LogP contribution in [0.4, 0.5) is 0 Å². The predicted molar refractivity (Wildman–Crippen MR) is 56.6 cm³/mol. The van der Waals surface area contributed by atoms with E-state index in [1.54, 1.807) is 7.11 Å². The molecule has 0 aromatic heterocycles. The van der Waals surface area contributed by atoms with Crippen molar-refractivity contribution in [1.82, 2.24) is 10.2 Å². The first-order valence-electron chi connectivity index (χ1n) is 5.27. The molecule has 1 saturated heterocycles. The average molecular weight is 202 g/mol. The van der Waals surface area contributed by atoms with Crippen LogP contribution >= 0.6 is 0 Å². The molecule has 0 aliphatic carbocycles. The van der Waals surface area contributed by atoms with Gasteiger partial charge in [0.15, 0.2) is 0 Å². The summed E-state index contributed by atoms with van der Waals surface area (Å²) in [6, 6.07) is 0.443. The Balaban J connectivity index is 2.26. The molecule has 1 aliphatic heterocycles. The number of methoxy groups -OCH3 is 1. The molecule has 1 aliphatic rings. The molecule has 1 heterocycles. The van der Waals surface area contributed by atoms with Crippen LogP contribution in [0.3, 0.4) is 0 Å². The van der Waals surface area contributed by atoms with Crippen molar-refractivity contribution in [2.24, 2.45) is 0 Å². The van der Waals surface area contributed by atoms with Crippen LogP contribution in [0.5, 0.6) is 0 Å². The monoisotopic (exact) mass is 202 g/mol. The van der Waals surface area contributed by atoms with Gasteiger partial charge >= 0.3 is 0 Å². The summed E-state index contributed by atoms with van der Waals surface area (Å²) in [6.07, 6.45) is 0.311. The fourth-order valence-electron chi connectivity index (χ4n) is 1.62. The second kappa shape index (κ2) is 6.35. The van der Waals surface area contributed by atoms with Gasteiger partial charge in [0.2, 0.25) is 0 Å². The van der Waals surface area contributed by atoms with E-state index < -0.39 is 0 Å². The number of nitrogens with one attached hydrogen (secondary N) is 1. The zero-order valence-corrected chi connectivity index (χ0v) is 9.45. The van der Waals surface area contributed by atoms with E-state index in [-0.39, 0.29) is 0 Å². The van der Waals surface area contributed by atoms with Gasteiger partial charge in [0.05, 0.1) is 19.3 Å². The highest BCUT2D eigenvalue weighted by molar-refractivity contribution is 4.78. The highest BCUT2D eigenvalue weighted by atomic mass is 16.5. The minimum atomic E-state index is 0.311. The number of morpholine rings is 1. The van der Waals surface area contributed by atoms with Gasteiger partial charge in [-0.05, 0) is 14.0 Å². The molecule has 1 rings (SSSR count). The summed E-state index contributed by atoms with van der Waals surface area (Å²) in [5.74, 6) is 0. The van der Waals surface area contributed by atoms with Crippen molar-refractivity contribution in [2.75, 3.05) is 47.0 Å². The standard InChI is InChI=1S/C10H22N2O2/c1-9(12(2)5-7-13-3)10-8-11-4-6-14-10/h9-11H,4-8H2,1-3H3. The Hall–Kier alpha value is -0.160. The first-order valence-corrected chi connectivity index (χ1v) is 5.27. The summed E-state index contributed by atoms with van der Waals surface area (Å²) in [5, 5.41) is 3.34. The number of ether oxygens (including phenoxy) is 2. The number of nitrogens with zero attached hydrogens (tertiary/aromatic N) is 1. The summed E-state index contributed by atoms with van der Waals surface area (Å²) >= 11 is 0. The quantitative estimate of drug-likeness (QED) is 0.677. The van der Waals surface area contributed by atoms with E-state index in [0.29, 0.717) is 12.1 Å². The molecular formula is C10H22N2O2. The van der Waals surface area contributed by atoms with Crippen LogP contribution in [0, 0.1) is 0 Å². The van der Waals surface area contributed by atoms with Gasteiger partial charge in [-0.2, -0.15) is 0 Å². The van der Waals surface area contributed by atoms with Crippen LogP contribution in [0.25, 0.3) is 0 Å². The van der Waals surface area contributed by atoms with Gasteiger partial charge in [0.1, 0.15) is 0 Å². The number of rotatable bonds is 5. The van der Waals surface area contributed by atoms with E-state index >= 15 is 0 Å². The molecular weight excluding hydrogens is 180 g/mol. The zero-order valence-electron chi connectivity index (χ0n) is 9.45. The molecule has 1 N–H and O–H groups in total. The molecule has 0 radical (unpaired) electrons. The molecule has 4 heteroatoms. The molecule has 0 spiro atoms. The Labute approximate surface area is 86.6 Å². The third-order valence-corrected chi connectivity index (χ3v) is 2.84. The van der Waals surface area contributed by atoms with Gasteiger partial charge in [-0.25, -0.2) is 0 Å². The maximum atomic E-state index is 5.70. The first kappa shape index (κ1) is 11.9. The summed E-state index contributed by atoms with van der Waals surface area (Å²) < 4.78 is 10.7. The SMILES string of the molecule is COCCN(C)C(C)C1CNCCO1. The lowest BCUT2D eigenvalue weighted by molar-refractivity contribution is -0.0237. The van der Waals surface area contributed by atoms with E-state index in [0.717, 1.165) is 32.8 Å². The summed E-state index contributed by atoms with van der Waals surface area (Å²) in [7, 11) is 3.85. The van der Waals surface area contributed by atoms with E-state index in [9.17, 15) is 0 Å². The van der Waals surface area contributed by atoms with Crippen LogP contribution in [0.1, 0.15) is 6.92 Å². The Bertz CT molecular complexity index is 149. The minimum Gasteiger partial charge on any atom is -0.383 e. The summed E-state index contributed by atoms with van der Waals surface area (Å²) in [5.41, 5.74) is 0. The Kier molecular flexibility index (Phi) is 5.40. The normalized spacial score (nSPS) is 25.3. The number of hydrogen-bond donors (Lipinski definition) is 1. The van der Waals surface area contributed by atoms with Crippen molar-refractivity contribution < 1.29 is 9.47 Å². The highest BCUT2D eigenvalue weighted by Crippen LogP contribution is 2.07.